The Balaban J connectivity index is 2.25. The maximum absolute atomic E-state index is 10.4. The first-order chi connectivity index (χ1) is 6.76. The third-order valence-corrected chi connectivity index (χ3v) is 3.00. The third-order valence-electron chi connectivity index (χ3n) is 3.00. The highest BCUT2D eigenvalue weighted by atomic mass is 16.3. The molecular weight excluding hydrogens is 176 g/mol. The van der Waals surface area contributed by atoms with Gasteiger partial charge in [0, 0.05) is 12.0 Å². The number of furan rings is 1. The molecule has 14 heavy (non-hydrogen) atoms. The number of allylic oxidation sites excluding steroid dienone is 1. The Bertz CT molecular complexity index is 327. The molecule has 0 fully saturated rings. The fourth-order valence-electron chi connectivity index (χ4n) is 2.23. The molecule has 2 rings (SSSR count). The van der Waals surface area contributed by atoms with Gasteiger partial charge >= 0.3 is 0 Å². The number of hydrogen-bond acceptors (Lipinski definition) is 2. The van der Waals surface area contributed by atoms with E-state index in [9.17, 15) is 5.11 Å². The average molecular weight is 192 g/mol. The van der Waals surface area contributed by atoms with Gasteiger partial charge in [-0.05, 0) is 31.7 Å². The van der Waals surface area contributed by atoms with Gasteiger partial charge in [-0.3, -0.25) is 0 Å². The molecule has 0 amide bonds. The summed E-state index contributed by atoms with van der Waals surface area (Å²) in [5.41, 5.74) is 0.319. The van der Waals surface area contributed by atoms with E-state index < -0.39 is 5.60 Å². The summed E-state index contributed by atoms with van der Waals surface area (Å²) in [4.78, 5) is 0. The standard InChI is InChI=1S/C12H16O2/c1-2-3-7-12(13)8-4-5-11-10(12)6-9-14-11/h2,6,9,13H,1,3-5,7-8H2. The molecule has 76 valence electrons. The molecule has 0 aliphatic heterocycles. The Morgan fingerprint density at radius 3 is 3.29 bits per heavy atom. The highest BCUT2D eigenvalue weighted by Gasteiger charge is 2.35. The first-order valence-electron chi connectivity index (χ1n) is 5.16. The molecule has 1 aromatic heterocycles. The van der Waals surface area contributed by atoms with Crippen molar-refractivity contribution in [3.8, 4) is 0 Å². The van der Waals surface area contributed by atoms with Crippen LogP contribution < -0.4 is 0 Å². The maximum atomic E-state index is 10.4. The van der Waals surface area contributed by atoms with Crippen LogP contribution >= 0.6 is 0 Å². The van der Waals surface area contributed by atoms with E-state index in [1.165, 1.54) is 0 Å². The molecule has 1 unspecified atom stereocenters. The Hall–Kier alpha value is -1.02. The molecule has 1 aliphatic carbocycles. The Labute approximate surface area is 84.2 Å². The van der Waals surface area contributed by atoms with Gasteiger partial charge in [0.05, 0.1) is 11.9 Å². The fourth-order valence-corrected chi connectivity index (χ4v) is 2.23. The van der Waals surface area contributed by atoms with Crippen LogP contribution in [0.15, 0.2) is 29.4 Å². The van der Waals surface area contributed by atoms with Crippen molar-refractivity contribution in [3.63, 3.8) is 0 Å². The van der Waals surface area contributed by atoms with Crippen LogP contribution in [0.4, 0.5) is 0 Å². The maximum Gasteiger partial charge on any atom is 0.109 e. The number of aliphatic hydroxyl groups is 1. The molecule has 0 radical (unpaired) electrons. The molecule has 1 atom stereocenters. The van der Waals surface area contributed by atoms with Gasteiger partial charge in [0.1, 0.15) is 5.76 Å². The zero-order chi connectivity index (χ0) is 10.0. The van der Waals surface area contributed by atoms with Gasteiger partial charge in [-0.15, -0.1) is 6.58 Å². The van der Waals surface area contributed by atoms with Crippen molar-refractivity contribution < 1.29 is 9.52 Å². The second-order valence-electron chi connectivity index (χ2n) is 3.97. The van der Waals surface area contributed by atoms with Gasteiger partial charge in [-0.1, -0.05) is 6.08 Å². The number of fused-ring (bicyclic) bond motifs is 1. The van der Waals surface area contributed by atoms with Crippen LogP contribution in [-0.2, 0) is 12.0 Å². The minimum Gasteiger partial charge on any atom is -0.469 e. The number of aryl methyl sites for hydroxylation is 1. The summed E-state index contributed by atoms with van der Waals surface area (Å²) in [6, 6.07) is 1.90. The van der Waals surface area contributed by atoms with Gasteiger partial charge in [-0.25, -0.2) is 0 Å². The largest absolute Gasteiger partial charge is 0.469 e. The highest BCUT2D eigenvalue weighted by Crippen LogP contribution is 2.39. The van der Waals surface area contributed by atoms with Crippen molar-refractivity contribution in [1.29, 1.82) is 0 Å². The predicted molar refractivity (Wildman–Crippen MR) is 55.0 cm³/mol. The van der Waals surface area contributed by atoms with Crippen LogP contribution in [0.1, 0.15) is 37.0 Å². The molecule has 2 nitrogen and oxygen atoms in total. The smallest absolute Gasteiger partial charge is 0.109 e. The van der Waals surface area contributed by atoms with Crippen molar-refractivity contribution in [2.75, 3.05) is 0 Å². The summed E-state index contributed by atoms with van der Waals surface area (Å²) >= 11 is 0. The Kier molecular flexibility index (Phi) is 2.46. The minimum atomic E-state index is -0.672. The van der Waals surface area contributed by atoms with Gasteiger partial charge in [-0.2, -0.15) is 0 Å². The molecule has 2 heteroatoms. The van der Waals surface area contributed by atoms with E-state index >= 15 is 0 Å². The Morgan fingerprint density at radius 1 is 1.64 bits per heavy atom. The van der Waals surface area contributed by atoms with E-state index in [4.69, 9.17) is 4.42 Å². The van der Waals surface area contributed by atoms with Gasteiger partial charge < -0.3 is 9.52 Å². The fraction of sp³-hybridized carbons (Fsp3) is 0.500. The van der Waals surface area contributed by atoms with Crippen LogP contribution in [-0.4, -0.2) is 5.11 Å². The number of hydrogen-bond donors (Lipinski definition) is 1. The summed E-state index contributed by atoms with van der Waals surface area (Å²) in [5.74, 6) is 0.961. The second kappa shape index (κ2) is 3.62. The highest BCUT2D eigenvalue weighted by molar-refractivity contribution is 5.27. The van der Waals surface area contributed by atoms with E-state index in [1.807, 2.05) is 12.1 Å². The van der Waals surface area contributed by atoms with E-state index in [2.05, 4.69) is 6.58 Å². The predicted octanol–water partition coefficient (Wildman–Crippen LogP) is 2.77. The first-order valence-corrected chi connectivity index (χ1v) is 5.16. The lowest BCUT2D eigenvalue weighted by Gasteiger charge is -2.31. The molecular formula is C12H16O2. The molecule has 0 aromatic carbocycles. The summed E-state index contributed by atoms with van der Waals surface area (Å²) in [6.45, 7) is 3.69. The lowest BCUT2D eigenvalue weighted by molar-refractivity contribution is 0.00891. The quantitative estimate of drug-likeness (QED) is 0.747. The van der Waals surface area contributed by atoms with Crippen molar-refractivity contribution in [2.24, 2.45) is 0 Å². The molecule has 1 aromatic rings. The summed E-state index contributed by atoms with van der Waals surface area (Å²) in [6.07, 6.45) is 7.94. The van der Waals surface area contributed by atoms with Crippen LogP contribution in [0.2, 0.25) is 0 Å². The van der Waals surface area contributed by atoms with E-state index in [0.29, 0.717) is 0 Å². The minimum absolute atomic E-state index is 0.672. The third kappa shape index (κ3) is 1.50. The lowest BCUT2D eigenvalue weighted by atomic mass is 9.80. The first kappa shape index (κ1) is 9.53. The molecule has 1 N–H and O–H groups in total. The lowest BCUT2D eigenvalue weighted by Crippen LogP contribution is -2.29. The van der Waals surface area contributed by atoms with Crippen molar-refractivity contribution in [2.45, 2.75) is 37.7 Å². The van der Waals surface area contributed by atoms with E-state index in [-0.39, 0.29) is 0 Å². The van der Waals surface area contributed by atoms with Crippen LogP contribution in [0.5, 0.6) is 0 Å². The van der Waals surface area contributed by atoms with Gasteiger partial charge in [0.15, 0.2) is 0 Å². The monoisotopic (exact) mass is 192 g/mol. The SMILES string of the molecule is C=CCCC1(O)CCCc2occc21. The molecule has 0 bridgehead atoms. The molecule has 0 saturated heterocycles. The average Bonchev–Trinajstić information content (AvgIpc) is 2.65. The van der Waals surface area contributed by atoms with E-state index in [1.54, 1.807) is 6.26 Å². The van der Waals surface area contributed by atoms with Crippen molar-refractivity contribution >= 4 is 0 Å². The second-order valence-corrected chi connectivity index (χ2v) is 3.97. The molecule has 0 saturated carbocycles. The summed E-state index contributed by atoms with van der Waals surface area (Å²) in [7, 11) is 0. The molecule has 0 spiro atoms. The normalized spacial score (nSPS) is 25.8. The zero-order valence-corrected chi connectivity index (χ0v) is 8.33. The van der Waals surface area contributed by atoms with Crippen molar-refractivity contribution in [1.82, 2.24) is 0 Å². The summed E-state index contributed by atoms with van der Waals surface area (Å²) in [5, 5.41) is 10.4. The van der Waals surface area contributed by atoms with E-state index in [0.717, 1.165) is 43.4 Å². The topological polar surface area (TPSA) is 33.4 Å². The van der Waals surface area contributed by atoms with Crippen LogP contribution in [0, 0.1) is 0 Å². The van der Waals surface area contributed by atoms with Gasteiger partial charge in [0.25, 0.3) is 0 Å². The van der Waals surface area contributed by atoms with Crippen molar-refractivity contribution in [3.05, 3.63) is 36.3 Å². The summed E-state index contributed by atoms with van der Waals surface area (Å²) < 4.78 is 5.35. The molecule has 1 aliphatic rings. The van der Waals surface area contributed by atoms with Crippen LogP contribution in [0.25, 0.3) is 0 Å². The van der Waals surface area contributed by atoms with Crippen LogP contribution in [0.3, 0.4) is 0 Å². The number of rotatable bonds is 3. The molecule has 1 heterocycles. The Morgan fingerprint density at radius 2 is 2.50 bits per heavy atom. The zero-order valence-electron chi connectivity index (χ0n) is 8.33. The van der Waals surface area contributed by atoms with Gasteiger partial charge in [0.2, 0.25) is 0 Å².